The van der Waals surface area contributed by atoms with Crippen molar-refractivity contribution in [3.63, 3.8) is 0 Å². The van der Waals surface area contributed by atoms with Crippen molar-refractivity contribution in [3.8, 4) is 0 Å². The third kappa shape index (κ3) is 2.56. The van der Waals surface area contributed by atoms with E-state index in [9.17, 15) is 4.79 Å². The van der Waals surface area contributed by atoms with Gasteiger partial charge < -0.3 is 10.6 Å². The summed E-state index contributed by atoms with van der Waals surface area (Å²) in [6.45, 7) is 7.77. The normalized spacial score (nSPS) is 22.9. The molecule has 0 aromatic rings. The summed E-state index contributed by atoms with van der Waals surface area (Å²) in [5, 5.41) is 0. The fourth-order valence-corrected chi connectivity index (χ4v) is 1.71. The van der Waals surface area contributed by atoms with Crippen molar-refractivity contribution in [1.82, 2.24) is 4.90 Å². The van der Waals surface area contributed by atoms with Crippen molar-refractivity contribution >= 4 is 5.91 Å². The molecule has 0 aliphatic carbocycles. The van der Waals surface area contributed by atoms with Crippen LogP contribution in [0.2, 0.25) is 0 Å². The zero-order valence-electron chi connectivity index (χ0n) is 8.25. The first-order valence-corrected chi connectivity index (χ1v) is 4.80. The molecule has 1 fully saturated rings. The largest absolute Gasteiger partial charge is 0.339 e. The number of nitrogens with zero attached hydrogens (tertiary/aromatic N) is 1. The van der Waals surface area contributed by atoms with Crippen LogP contribution in [0.1, 0.15) is 19.8 Å². The van der Waals surface area contributed by atoms with E-state index in [2.05, 4.69) is 6.58 Å². The average molecular weight is 182 g/mol. The Morgan fingerprint density at radius 1 is 1.69 bits per heavy atom. The maximum absolute atomic E-state index is 11.5. The summed E-state index contributed by atoms with van der Waals surface area (Å²) in [6, 6.07) is 0. The number of likely N-dealkylation sites (tertiary alicyclic amines) is 1. The number of rotatable bonds is 2. The van der Waals surface area contributed by atoms with E-state index < -0.39 is 0 Å². The number of carbonyl (C=O) groups excluding carboxylic acids is 1. The van der Waals surface area contributed by atoms with Crippen LogP contribution < -0.4 is 5.73 Å². The van der Waals surface area contributed by atoms with Gasteiger partial charge in [-0.2, -0.15) is 0 Å². The lowest BCUT2D eigenvalue weighted by molar-refractivity contribution is -0.128. The van der Waals surface area contributed by atoms with Crippen molar-refractivity contribution in [3.05, 3.63) is 12.2 Å². The molecular formula is C10H18N2O. The topological polar surface area (TPSA) is 46.3 Å². The van der Waals surface area contributed by atoms with Crippen molar-refractivity contribution < 1.29 is 4.79 Å². The Hall–Kier alpha value is -0.830. The molecule has 0 radical (unpaired) electrons. The summed E-state index contributed by atoms with van der Waals surface area (Å²) >= 11 is 0. The van der Waals surface area contributed by atoms with Gasteiger partial charge in [-0.25, -0.2) is 0 Å². The molecule has 3 nitrogen and oxygen atoms in total. The fraction of sp³-hybridized carbons (Fsp3) is 0.700. The van der Waals surface area contributed by atoms with Crippen LogP contribution in [0.4, 0.5) is 0 Å². The molecule has 74 valence electrons. The molecule has 3 heteroatoms. The molecule has 1 rings (SSSR count). The van der Waals surface area contributed by atoms with Crippen LogP contribution in [-0.4, -0.2) is 30.4 Å². The van der Waals surface area contributed by atoms with Gasteiger partial charge in [0.25, 0.3) is 0 Å². The lowest BCUT2D eigenvalue weighted by Crippen LogP contribution is -2.42. The van der Waals surface area contributed by atoms with Gasteiger partial charge in [-0.15, -0.1) is 0 Å². The summed E-state index contributed by atoms with van der Waals surface area (Å²) in [6.07, 6.45) is 2.22. The van der Waals surface area contributed by atoms with Crippen molar-refractivity contribution in [2.75, 3.05) is 19.6 Å². The summed E-state index contributed by atoms with van der Waals surface area (Å²) in [5.74, 6) is 0.565. The highest BCUT2D eigenvalue weighted by molar-refractivity contribution is 5.92. The third-order valence-corrected chi connectivity index (χ3v) is 2.50. The lowest BCUT2D eigenvalue weighted by Gasteiger charge is -2.32. The number of hydrogen-bond acceptors (Lipinski definition) is 2. The van der Waals surface area contributed by atoms with Crippen LogP contribution in [0.5, 0.6) is 0 Å². The maximum atomic E-state index is 11.5. The monoisotopic (exact) mass is 182 g/mol. The van der Waals surface area contributed by atoms with Gasteiger partial charge in [0.05, 0.1) is 0 Å². The van der Waals surface area contributed by atoms with E-state index >= 15 is 0 Å². The Morgan fingerprint density at radius 3 is 2.92 bits per heavy atom. The Morgan fingerprint density at radius 2 is 2.38 bits per heavy atom. The standard InChI is InChI=1S/C10H18N2O/c1-8(2)10(13)12-5-3-4-9(6-11)7-12/h9H,1,3-7,11H2,2H3. The van der Waals surface area contributed by atoms with Gasteiger partial charge in [0.2, 0.25) is 5.91 Å². The van der Waals surface area contributed by atoms with E-state index in [4.69, 9.17) is 5.73 Å². The van der Waals surface area contributed by atoms with Crippen LogP contribution in [0.3, 0.4) is 0 Å². The summed E-state index contributed by atoms with van der Waals surface area (Å²) < 4.78 is 0. The van der Waals surface area contributed by atoms with Crippen LogP contribution in [0.15, 0.2) is 12.2 Å². The highest BCUT2D eigenvalue weighted by atomic mass is 16.2. The van der Waals surface area contributed by atoms with Crippen LogP contribution in [0.25, 0.3) is 0 Å². The minimum absolute atomic E-state index is 0.0816. The van der Waals surface area contributed by atoms with E-state index in [0.717, 1.165) is 25.9 Å². The molecule has 0 saturated carbocycles. The number of nitrogens with two attached hydrogens (primary N) is 1. The Bertz CT molecular complexity index is 213. The van der Waals surface area contributed by atoms with Crippen LogP contribution in [0, 0.1) is 5.92 Å². The Kier molecular flexibility index (Phi) is 3.48. The fourth-order valence-electron chi connectivity index (χ4n) is 1.71. The molecule has 13 heavy (non-hydrogen) atoms. The first-order chi connectivity index (χ1) is 6.15. The van der Waals surface area contributed by atoms with E-state index in [1.165, 1.54) is 0 Å². The number of piperidine rings is 1. The first-order valence-electron chi connectivity index (χ1n) is 4.80. The van der Waals surface area contributed by atoms with Gasteiger partial charge in [0, 0.05) is 18.7 Å². The van der Waals surface area contributed by atoms with Gasteiger partial charge in [0.1, 0.15) is 0 Å². The summed E-state index contributed by atoms with van der Waals surface area (Å²) in [4.78, 5) is 13.4. The molecule has 0 aromatic carbocycles. The molecule has 1 aliphatic rings. The zero-order valence-corrected chi connectivity index (χ0v) is 8.25. The molecule has 0 aromatic heterocycles. The Balaban J connectivity index is 2.51. The molecule has 1 unspecified atom stereocenters. The molecule has 1 amide bonds. The van der Waals surface area contributed by atoms with Crippen molar-refractivity contribution in [2.45, 2.75) is 19.8 Å². The van der Waals surface area contributed by atoms with Crippen molar-refractivity contribution in [1.29, 1.82) is 0 Å². The predicted octanol–water partition coefficient (Wildman–Crippen LogP) is 0.760. The third-order valence-electron chi connectivity index (χ3n) is 2.50. The molecule has 0 spiro atoms. The number of amides is 1. The molecule has 1 heterocycles. The minimum Gasteiger partial charge on any atom is -0.339 e. The molecule has 1 aliphatic heterocycles. The number of carbonyl (C=O) groups is 1. The SMILES string of the molecule is C=C(C)C(=O)N1CCCC(CN)C1. The summed E-state index contributed by atoms with van der Waals surface area (Å²) in [7, 11) is 0. The average Bonchev–Trinajstić information content (AvgIpc) is 2.16. The first kappa shape index (κ1) is 10.3. The van der Waals surface area contributed by atoms with Gasteiger partial charge in [-0.3, -0.25) is 4.79 Å². The van der Waals surface area contributed by atoms with Gasteiger partial charge in [0.15, 0.2) is 0 Å². The lowest BCUT2D eigenvalue weighted by atomic mass is 9.98. The molecule has 1 saturated heterocycles. The van der Waals surface area contributed by atoms with E-state index in [-0.39, 0.29) is 5.91 Å². The highest BCUT2D eigenvalue weighted by Gasteiger charge is 2.22. The summed E-state index contributed by atoms with van der Waals surface area (Å²) in [5.41, 5.74) is 6.20. The zero-order chi connectivity index (χ0) is 9.84. The van der Waals surface area contributed by atoms with Crippen LogP contribution >= 0.6 is 0 Å². The smallest absolute Gasteiger partial charge is 0.248 e. The van der Waals surface area contributed by atoms with E-state index in [1.54, 1.807) is 6.92 Å². The van der Waals surface area contributed by atoms with Crippen molar-refractivity contribution in [2.24, 2.45) is 11.7 Å². The second-order valence-electron chi connectivity index (χ2n) is 3.78. The van der Waals surface area contributed by atoms with Gasteiger partial charge in [-0.1, -0.05) is 6.58 Å². The van der Waals surface area contributed by atoms with Crippen LogP contribution in [-0.2, 0) is 4.79 Å². The van der Waals surface area contributed by atoms with E-state index in [1.807, 2.05) is 4.90 Å². The molecule has 1 atom stereocenters. The Labute approximate surface area is 79.6 Å². The quantitative estimate of drug-likeness (QED) is 0.641. The molecular weight excluding hydrogens is 164 g/mol. The van der Waals surface area contributed by atoms with Gasteiger partial charge in [-0.05, 0) is 32.2 Å². The minimum atomic E-state index is 0.0816. The molecule has 2 N–H and O–H groups in total. The second-order valence-corrected chi connectivity index (χ2v) is 3.78. The molecule has 0 bridgehead atoms. The highest BCUT2D eigenvalue weighted by Crippen LogP contribution is 2.16. The second kappa shape index (κ2) is 4.42. The predicted molar refractivity (Wildman–Crippen MR) is 53.2 cm³/mol. The maximum Gasteiger partial charge on any atom is 0.248 e. The number of hydrogen-bond donors (Lipinski definition) is 1. The van der Waals surface area contributed by atoms with Gasteiger partial charge >= 0.3 is 0 Å². The van der Waals surface area contributed by atoms with E-state index in [0.29, 0.717) is 18.0 Å².